The van der Waals surface area contributed by atoms with Gasteiger partial charge in [-0.2, -0.15) is 0 Å². The van der Waals surface area contributed by atoms with Gasteiger partial charge in [-0.1, -0.05) is 12.2 Å². The maximum absolute atomic E-state index is 8.68. The van der Waals surface area contributed by atoms with Crippen LogP contribution in [-0.2, 0) is 0 Å². The Balaban J connectivity index is 3.70. The molecule has 72 valence electrons. The molecule has 0 aromatic carbocycles. The van der Waals surface area contributed by atoms with Gasteiger partial charge >= 0.3 is 0 Å². The number of allylic oxidation sites excluding steroid dienone is 1. The molecule has 0 amide bonds. The smallest absolute Gasteiger partial charge is 0.0443 e. The Labute approximate surface area is 75.9 Å². The van der Waals surface area contributed by atoms with Crippen molar-refractivity contribution in [2.24, 2.45) is 0 Å². The molecule has 0 aliphatic rings. The molecule has 0 atom stereocenters. The molecule has 0 spiro atoms. The average Bonchev–Trinajstić information content (AvgIpc) is 2.04. The second-order valence-electron chi connectivity index (χ2n) is 3.23. The molecule has 0 saturated carbocycles. The normalized spacial score (nSPS) is 12.2. The monoisotopic (exact) mass is 171 g/mol. The first kappa shape index (κ1) is 11.7. The molecule has 0 aliphatic heterocycles. The molecule has 0 heterocycles. The molecule has 0 saturated heterocycles. The summed E-state index contributed by atoms with van der Waals surface area (Å²) < 4.78 is 0. The summed E-state index contributed by atoms with van der Waals surface area (Å²) in [6.07, 6.45) is 5.08. The molecule has 0 aromatic heterocycles. The molecule has 0 unspecified atom stereocenters. The first-order valence-corrected chi connectivity index (χ1v) is 4.68. The molecule has 0 fully saturated rings. The molecule has 1 N–H and O–H groups in total. The van der Waals surface area contributed by atoms with Crippen LogP contribution >= 0.6 is 0 Å². The topological polar surface area (TPSA) is 23.5 Å². The fourth-order valence-electron chi connectivity index (χ4n) is 1.07. The Hall–Kier alpha value is -0.340. The Morgan fingerprint density at radius 2 is 2.08 bits per heavy atom. The maximum atomic E-state index is 8.68. The van der Waals surface area contributed by atoms with Crippen LogP contribution in [0, 0.1) is 0 Å². The standard InChI is InChI=1S/C10H21NO/c1-4-5-7-11(10(2)3)8-6-9-12/h4-5,10,12H,6-9H2,1-3H3. The van der Waals surface area contributed by atoms with E-state index < -0.39 is 0 Å². The van der Waals surface area contributed by atoms with Gasteiger partial charge in [-0.3, -0.25) is 4.90 Å². The van der Waals surface area contributed by atoms with Crippen molar-refractivity contribution in [3.8, 4) is 0 Å². The van der Waals surface area contributed by atoms with Gasteiger partial charge in [-0.05, 0) is 27.2 Å². The lowest BCUT2D eigenvalue weighted by Crippen LogP contribution is -2.32. The van der Waals surface area contributed by atoms with E-state index in [-0.39, 0.29) is 0 Å². The first-order valence-electron chi connectivity index (χ1n) is 4.68. The summed E-state index contributed by atoms with van der Waals surface area (Å²) in [6, 6.07) is 0.563. The van der Waals surface area contributed by atoms with Crippen LogP contribution in [0.4, 0.5) is 0 Å². The van der Waals surface area contributed by atoms with E-state index in [4.69, 9.17) is 5.11 Å². The van der Waals surface area contributed by atoms with Gasteiger partial charge in [0.05, 0.1) is 0 Å². The summed E-state index contributed by atoms with van der Waals surface area (Å²) in [7, 11) is 0. The Bertz CT molecular complexity index is 121. The summed E-state index contributed by atoms with van der Waals surface area (Å²) in [5, 5.41) is 8.68. The largest absolute Gasteiger partial charge is 0.396 e. The number of hydrogen-bond donors (Lipinski definition) is 1. The van der Waals surface area contributed by atoms with Crippen LogP contribution in [0.15, 0.2) is 12.2 Å². The summed E-state index contributed by atoms with van der Waals surface area (Å²) >= 11 is 0. The lowest BCUT2D eigenvalue weighted by atomic mass is 10.3. The minimum atomic E-state index is 0.291. The van der Waals surface area contributed by atoms with Crippen LogP contribution in [0.3, 0.4) is 0 Å². The van der Waals surface area contributed by atoms with Crippen molar-refractivity contribution in [3.63, 3.8) is 0 Å². The quantitative estimate of drug-likeness (QED) is 0.614. The van der Waals surface area contributed by atoms with Gasteiger partial charge in [0.1, 0.15) is 0 Å². The van der Waals surface area contributed by atoms with E-state index in [1.165, 1.54) is 0 Å². The third kappa shape index (κ3) is 5.33. The highest BCUT2D eigenvalue weighted by molar-refractivity contribution is 4.82. The van der Waals surface area contributed by atoms with E-state index in [1.807, 2.05) is 6.92 Å². The SMILES string of the molecule is CC=CCN(CCCO)C(C)C. The third-order valence-electron chi connectivity index (χ3n) is 1.91. The van der Waals surface area contributed by atoms with Crippen LogP contribution in [-0.4, -0.2) is 35.7 Å². The summed E-state index contributed by atoms with van der Waals surface area (Å²) in [4.78, 5) is 2.34. The van der Waals surface area contributed by atoms with E-state index in [1.54, 1.807) is 0 Å². The lowest BCUT2D eigenvalue weighted by molar-refractivity contribution is 0.207. The Morgan fingerprint density at radius 1 is 1.42 bits per heavy atom. The van der Waals surface area contributed by atoms with Gasteiger partial charge in [-0.25, -0.2) is 0 Å². The molecular formula is C10H21NO. The second kappa shape index (κ2) is 7.32. The van der Waals surface area contributed by atoms with Gasteiger partial charge in [0, 0.05) is 25.7 Å². The molecule has 2 nitrogen and oxygen atoms in total. The highest BCUT2D eigenvalue weighted by Gasteiger charge is 2.05. The molecule has 2 heteroatoms. The average molecular weight is 171 g/mol. The maximum Gasteiger partial charge on any atom is 0.0443 e. The van der Waals surface area contributed by atoms with E-state index in [2.05, 4.69) is 30.9 Å². The Morgan fingerprint density at radius 3 is 2.50 bits per heavy atom. The zero-order valence-corrected chi connectivity index (χ0v) is 8.45. The molecule has 0 bridgehead atoms. The molecule has 12 heavy (non-hydrogen) atoms. The van der Waals surface area contributed by atoms with Crippen molar-refractivity contribution in [2.45, 2.75) is 33.2 Å². The van der Waals surface area contributed by atoms with Crippen LogP contribution in [0.1, 0.15) is 27.2 Å². The van der Waals surface area contributed by atoms with Gasteiger partial charge < -0.3 is 5.11 Å². The minimum Gasteiger partial charge on any atom is -0.396 e. The predicted octanol–water partition coefficient (Wildman–Crippen LogP) is 1.66. The fourth-order valence-corrected chi connectivity index (χ4v) is 1.07. The minimum absolute atomic E-state index is 0.291. The number of hydrogen-bond acceptors (Lipinski definition) is 2. The van der Waals surface area contributed by atoms with Gasteiger partial charge in [0.2, 0.25) is 0 Å². The first-order chi connectivity index (χ1) is 5.72. The highest BCUT2D eigenvalue weighted by Crippen LogP contribution is 1.99. The molecule has 0 aromatic rings. The molecule has 0 rings (SSSR count). The van der Waals surface area contributed by atoms with Crippen LogP contribution in [0.25, 0.3) is 0 Å². The van der Waals surface area contributed by atoms with E-state index >= 15 is 0 Å². The fraction of sp³-hybridized carbons (Fsp3) is 0.800. The molecule has 0 radical (unpaired) electrons. The second-order valence-corrected chi connectivity index (χ2v) is 3.23. The van der Waals surface area contributed by atoms with Crippen molar-refractivity contribution in [1.82, 2.24) is 4.90 Å². The van der Waals surface area contributed by atoms with Crippen LogP contribution in [0.5, 0.6) is 0 Å². The van der Waals surface area contributed by atoms with E-state index in [9.17, 15) is 0 Å². The summed E-state index contributed by atoms with van der Waals surface area (Å²) in [5.41, 5.74) is 0. The van der Waals surface area contributed by atoms with Gasteiger partial charge in [0.25, 0.3) is 0 Å². The number of aliphatic hydroxyl groups is 1. The van der Waals surface area contributed by atoms with Gasteiger partial charge in [-0.15, -0.1) is 0 Å². The molecule has 0 aliphatic carbocycles. The van der Waals surface area contributed by atoms with Crippen LogP contribution in [0.2, 0.25) is 0 Å². The van der Waals surface area contributed by atoms with Crippen LogP contribution < -0.4 is 0 Å². The zero-order valence-electron chi connectivity index (χ0n) is 8.45. The zero-order chi connectivity index (χ0) is 9.40. The van der Waals surface area contributed by atoms with E-state index in [0.29, 0.717) is 12.6 Å². The lowest BCUT2D eigenvalue weighted by Gasteiger charge is -2.24. The van der Waals surface area contributed by atoms with Gasteiger partial charge in [0.15, 0.2) is 0 Å². The van der Waals surface area contributed by atoms with Crippen molar-refractivity contribution in [3.05, 3.63) is 12.2 Å². The van der Waals surface area contributed by atoms with Crippen molar-refractivity contribution < 1.29 is 5.11 Å². The van der Waals surface area contributed by atoms with Crippen molar-refractivity contribution in [1.29, 1.82) is 0 Å². The highest BCUT2D eigenvalue weighted by atomic mass is 16.3. The third-order valence-corrected chi connectivity index (χ3v) is 1.91. The number of aliphatic hydroxyl groups excluding tert-OH is 1. The summed E-state index contributed by atoms with van der Waals surface area (Å²) in [6.45, 7) is 8.66. The molecular weight excluding hydrogens is 150 g/mol. The predicted molar refractivity (Wildman–Crippen MR) is 53.2 cm³/mol. The van der Waals surface area contributed by atoms with Crippen molar-refractivity contribution >= 4 is 0 Å². The Kier molecular flexibility index (Phi) is 7.11. The number of nitrogens with zero attached hydrogens (tertiary/aromatic N) is 1. The van der Waals surface area contributed by atoms with Crippen molar-refractivity contribution in [2.75, 3.05) is 19.7 Å². The number of rotatable bonds is 6. The summed E-state index contributed by atoms with van der Waals surface area (Å²) in [5.74, 6) is 0. The van der Waals surface area contributed by atoms with E-state index in [0.717, 1.165) is 19.5 Å².